The van der Waals surface area contributed by atoms with Crippen LogP contribution in [-0.2, 0) is 4.79 Å². The number of hydrogen-bond donors (Lipinski definition) is 1. The molecule has 0 fully saturated rings. The number of aliphatic carboxylic acids is 1. The van der Waals surface area contributed by atoms with Crippen molar-refractivity contribution >= 4 is 11.7 Å². The molecule has 1 atom stereocenters. The molecule has 1 unspecified atom stereocenters. The molecule has 0 saturated carbocycles. The average molecular weight is 265 g/mol. The molecular weight excluding hydrogens is 250 g/mol. The number of non-ortho nitro benzene ring substituents is 1. The number of benzene rings is 1. The maximum absolute atomic E-state index is 10.7. The van der Waals surface area contributed by atoms with Crippen molar-refractivity contribution in [2.75, 3.05) is 6.61 Å². The van der Waals surface area contributed by atoms with Crippen LogP contribution in [0.2, 0.25) is 0 Å². The summed E-state index contributed by atoms with van der Waals surface area (Å²) in [6.45, 7) is 5.38. The van der Waals surface area contributed by atoms with E-state index >= 15 is 0 Å². The Hall–Kier alpha value is -2.37. The summed E-state index contributed by atoms with van der Waals surface area (Å²) >= 11 is 0. The summed E-state index contributed by atoms with van der Waals surface area (Å²) in [5, 5.41) is 19.4. The van der Waals surface area contributed by atoms with Crippen molar-refractivity contribution < 1.29 is 19.6 Å². The van der Waals surface area contributed by atoms with Crippen LogP contribution in [0.4, 0.5) is 5.69 Å². The lowest BCUT2D eigenvalue weighted by atomic mass is 9.88. The Balaban J connectivity index is 2.74. The van der Waals surface area contributed by atoms with Gasteiger partial charge in [-0.15, -0.1) is 6.58 Å². The maximum atomic E-state index is 10.7. The highest BCUT2D eigenvalue weighted by atomic mass is 16.6. The zero-order chi connectivity index (χ0) is 14.5. The zero-order valence-electron chi connectivity index (χ0n) is 10.5. The Kier molecular flexibility index (Phi) is 4.63. The lowest BCUT2D eigenvalue weighted by Crippen LogP contribution is -2.25. The van der Waals surface area contributed by atoms with Gasteiger partial charge in [-0.1, -0.05) is 19.1 Å². The standard InChI is InChI=1S/C13H15NO5/c1-3-13(2,8-12(15)16)9-19-11-6-4-5-10(7-11)14(17)18/h3-7H,1,8-9H2,2H3,(H,15,16). The van der Waals surface area contributed by atoms with E-state index in [9.17, 15) is 14.9 Å². The Morgan fingerprint density at radius 2 is 2.32 bits per heavy atom. The van der Waals surface area contributed by atoms with E-state index in [-0.39, 0.29) is 18.7 Å². The number of nitro benzene ring substituents is 1. The van der Waals surface area contributed by atoms with Crippen molar-refractivity contribution in [2.24, 2.45) is 5.41 Å². The molecule has 1 rings (SSSR count). The fourth-order valence-electron chi connectivity index (χ4n) is 1.46. The third-order valence-corrected chi connectivity index (χ3v) is 2.64. The molecule has 0 aliphatic heterocycles. The largest absolute Gasteiger partial charge is 0.492 e. The minimum Gasteiger partial charge on any atom is -0.492 e. The van der Waals surface area contributed by atoms with Crippen LogP contribution in [-0.4, -0.2) is 22.6 Å². The Morgan fingerprint density at radius 1 is 1.63 bits per heavy atom. The van der Waals surface area contributed by atoms with Crippen LogP contribution in [0.3, 0.4) is 0 Å². The Morgan fingerprint density at radius 3 is 2.84 bits per heavy atom. The van der Waals surface area contributed by atoms with Gasteiger partial charge in [0, 0.05) is 11.5 Å². The first-order chi connectivity index (χ1) is 8.86. The van der Waals surface area contributed by atoms with E-state index in [0.29, 0.717) is 5.75 Å². The highest BCUT2D eigenvalue weighted by molar-refractivity contribution is 5.68. The average Bonchev–Trinajstić information content (AvgIpc) is 2.36. The lowest BCUT2D eigenvalue weighted by molar-refractivity contribution is -0.384. The molecule has 102 valence electrons. The highest BCUT2D eigenvalue weighted by Crippen LogP contribution is 2.26. The highest BCUT2D eigenvalue weighted by Gasteiger charge is 2.25. The van der Waals surface area contributed by atoms with Crippen molar-refractivity contribution in [2.45, 2.75) is 13.3 Å². The maximum Gasteiger partial charge on any atom is 0.304 e. The third kappa shape index (κ3) is 4.42. The predicted octanol–water partition coefficient (Wildman–Crippen LogP) is 2.64. The molecule has 0 radical (unpaired) electrons. The first-order valence-corrected chi connectivity index (χ1v) is 5.59. The molecule has 0 saturated heterocycles. The number of carboxylic acids is 1. The third-order valence-electron chi connectivity index (χ3n) is 2.64. The van der Waals surface area contributed by atoms with Crippen LogP contribution in [0.15, 0.2) is 36.9 Å². The molecule has 0 aliphatic carbocycles. The Bertz CT molecular complexity index is 500. The van der Waals surface area contributed by atoms with E-state index in [1.165, 1.54) is 24.3 Å². The molecule has 0 amide bonds. The summed E-state index contributed by atoms with van der Waals surface area (Å²) in [4.78, 5) is 20.8. The van der Waals surface area contributed by atoms with Gasteiger partial charge < -0.3 is 9.84 Å². The van der Waals surface area contributed by atoms with Crippen LogP contribution in [0.25, 0.3) is 0 Å². The van der Waals surface area contributed by atoms with E-state index in [0.717, 1.165) is 0 Å². The van der Waals surface area contributed by atoms with Gasteiger partial charge in [0.05, 0.1) is 24.0 Å². The van der Waals surface area contributed by atoms with E-state index in [2.05, 4.69) is 6.58 Å². The molecule has 0 heterocycles. The summed E-state index contributed by atoms with van der Waals surface area (Å²) in [7, 11) is 0. The predicted molar refractivity (Wildman–Crippen MR) is 69.1 cm³/mol. The smallest absolute Gasteiger partial charge is 0.304 e. The van der Waals surface area contributed by atoms with Gasteiger partial charge in [0.15, 0.2) is 0 Å². The van der Waals surface area contributed by atoms with Gasteiger partial charge in [-0.3, -0.25) is 14.9 Å². The molecule has 6 nitrogen and oxygen atoms in total. The lowest BCUT2D eigenvalue weighted by Gasteiger charge is -2.23. The SMILES string of the molecule is C=CC(C)(COc1cccc([N+](=O)[O-])c1)CC(=O)O. The number of carboxylic acid groups (broad SMARTS) is 1. The van der Waals surface area contributed by atoms with E-state index in [1.54, 1.807) is 13.0 Å². The van der Waals surface area contributed by atoms with E-state index < -0.39 is 16.3 Å². The van der Waals surface area contributed by atoms with E-state index in [4.69, 9.17) is 9.84 Å². The molecule has 6 heteroatoms. The number of ether oxygens (including phenoxy) is 1. The molecule has 0 aromatic heterocycles. The van der Waals surface area contributed by atoms with Crippen molar-refractivity contribution in [1.82, 2.24) is 0 Å². The molecule has 1 aromatic carbocycles. The first-order valence-electron chi connectivity index (χ1n) is 5.59. The van der Waals surface area contributed by atoms with Crippen LogP contribution >= 0.6 is 0 Å². The van der Waals surface area contributed by atoms with Crippen molar-refractivity contribution in [1.29, 1.82) is 0 Å². The number of nitrogens with zero attached hydrogens (tertiary/aromatic N) is 1. The van der Waals surface area contributed by atoms with Gasteiger partial charge in [0.1, 0.15) is 5.75 Å². The van der Waals surface area contributed by atoms with Crippen LogP contribution in [0.5, 0.6) is 5.75 Å². The molecule has 0 spiro atoms. The second kappa shape index (κ2) is 5.99. The quantitative estimate of drug-likeness (QED) is 0.465. The second-order valence-electron chi connectivity index (χ2n) is 4.47. The summed E-state index contributed by atoms with van der Waals surface area (Å²) in [6, 6.07) is 5.74. The van der Waals surface area contributed by atoms with Gasteiger partial charge in [0.2, 0.25) is 0 Å². The molecule has 0 bridgehead atoms. The van der Waals surface area contributed by atoms with Crippen LogP contribution < -0.4 is 4.74 Å². The fourth-order valence-corrected chi connectivity index (χ4v) is 1.46. The van der Waals surface area contributed by atoms with Crippen LogP contribution in [0.1, 0.15) is 13.3 Å². The topological polar surface area (TPSA) is 89.7 Å². The van der Waals surface area contributed by atoms with Crippen molar-refractivity contribution in [3.05, 3.63) is 47.0 Å². The second-order valence-corrected chi connectivity index (χ2v) is 4.47. The van der Waals surface area contributed by atoms with Gasteiger partial charge in [0.25, 0.3) is 5.69 Å². The van der Waals surface area contributed by atoms with Gasteiger partial charge in [-0.05, 0) is 6.07 Å². The number of carbonyl (C=O) groups is 1. The number of rotatable bonds is 7. The molecule has 1 aromatic rings. The van der Waals surface area contributed by atoms with E-state index in [1.807, 2.05) is 0 Å². The fraction of sp³-hybridized carbons (Fsp3) is 0.308. The summed E-state index contributed by atoms with van der Waals surface area (Å²) in [5.41, 5.74) is -0.799. The van der Waals surface area contributed by atoms with Crippen LogP contribution in [0, 0.1) is 15.5 Å². The molecule has 0 aliphatic rings. The molecule has 1 N–H and O–H groups in total. The monoisotopic (exact) mass is 265 g/mol. The Labute approximate surface area is 110 Å². The van der Waals surface area contributed by atoms with Gasteiger partial charge in [-0.2, -0.15) is 0 Å². The van der Waals surface area contributed by atoms with Gasteiger partial charge in [-0.25, -0.2) is 0 Å². The normalized spacial score (nSPS) is 13.3. The summed E-state index contributed by atoms with van der Waals surface area (Å²) < 4.78 is 5.41. The summed E-state index contributed by atoms with van der Waals surface area (Å²) in [5.74, 6) is -0.627. The minimum absolute atomic E-state index is 0.0731. The summed E-state index contributed by atoms with van der Waals surface area (Å²) in [6.07, 6.45) is 1.39. The first kappa shape index (κ1) is 14.7. The number of hydrogen-bond acceptors (Lipinski definition) is 4. The van der Waals surface area contributed by atoms with Crippen molar-refractivity contribution in [3.8, 4) is 5.75 Å². The molecule has 19 heavy (non-hydrogen) atoms. The van der Waals surface area contributed by atoms with Crippen molar-refractivity contribution in [3.63, 3.8) is 0 Å². The number of nitro groups is 1. The molecular formula is C13H15NO5. The zero-order valence-corrected chi connectivity index (χ0v) is 10.5. The van der Waals surface area contributed by atoms with Gasteiger partial charge >= 0.3 is 5.97 Å². The minimum atomic E-state index is -0.954.